The number of nitrogens with one attached hydrogen (secondary N) is 1. The first-order valence-electron chi connectivity index (χ1n) is 10.4. The fourth-order valence-electron chi connectivity index (χ4n) is 3.98. The minimum absolute atomic E-state index is 0.0911. The number of rotatable bonds is 3. The Morgan fingerprint density at radius 1 is 1.03 bits per heavy atom. The van der Waals surface area contributed by atoms with Crippen LogP contribution in [0.3, 0.4) is 0 Å². The van der Waals surface area contributed by atoms with E-state index in [4.69, 9.17) is 0 Å². The van der Waals surface area contributed by atoms with Gasteiger partial charge in [0.25, 0.3) is 5.91 Å². The maximum Gasteiger partial charge on any atom is 0.251 e. The molecular weight excluding hydrogens is 358 g/mol. The van der Waals surface area contributed by atoms with Gasteiger partial charge in [-0.15, -0.1) is 0 Å². The van der Waals surface area contributed by atoms with Crippen LogP contribution in [0.25, 0.3) is 0 Å². The van der Waals surface area contributed by atoms with Gasteiger partial charge < -0.3 is 10.4 Å². The van der Waals surface area contributed by atoms with Crippen molar-refractivity contribution in [2.75, 3.05) is 6.54 Å². The van der Waals surface area contributed by atoms with Gasteiger partial charge in [0.2, 0.25) is 0 Å². The van der Waals surface area contributed by atoms with Gasteiger partial charge in [0, 0.05) is 17.7 Å². The molecule has 0 aliphatic heterocycles. The van der Waals surface area contributed by atoms with E-state index >= 15 is 0 Å². The van der Waals surface area contributed by atoms with Crippen molar-refractivity contribution >= 4 is 5.91 Å². The third kappa shape index (κ3) is 4.54. The summed E-state index contributed by atoms with van der Waals surface area (Å²) < 4.78 is 0. The minimum Gasteiger partial charge on any atom is -0.376 e. The number of hydrogen-bond donors (Lipinski definition) is 2. The summed E-state index contributed by atoms with van der Waals surface area (Å²) in [6.07, 6.45) is 1.46. The Balaban J connectivity index is 1.82. The summed E-state index contributed by atoms with van der Waals surface area (Å²) in [6.45, 7) is 11.6. The second-order valence-corrected chi connectivity index (χ2v) is 9.18. The van der Waals surface area contributed by atoms with Crippen molar-refractivity contribution in [1.29, 1.82) is 0 Å². The van der Waals surface area contributed by atoms with Gasteiger partial charge in [-0.25, -0.2) is 0 Å². The second-order valence-electron chi connectivity index (χ2n) is 9.18. The van der Waals surface area contributed by atoms with Gasteiger partial charge in [0.05, 0.1) is 0 Å². The summed E-state index contributed by atoms with van der Waals surface area (Å²) >= 11 is 0. The lowest BCUT2D eigenvalue weighted by Gasteiger charge is -2.42. The zero-order valence-electron chi connectivity index (χ0n) is 18.1. The van der Waals surface area contributed by atoms with Crippen LogP contribution < -0.4 is 5.32 Å². The van der Waals surface area contributed by atoms with Gasteiger partial charge in [-0.2, -0.15) is 0 Å². The van der Waals surface area contributed by atoms with E-state index < -0.39 is 6.10 Å². The van der Waals surface area contributed by atoms with Crippen LogP contribution >= 0.6 is 0 Å². The molecule has 29 heavy (non-hydrogen) atoms. The maximum absolute atomic E-state index is 11.8. The topological polar surface area (TPSA) is 49.3 Å². The van der Waals surface area contributed by atoms with Crippen LogP contribution in [0.5, 0.6) is 0 Å². The van der Waals surface area contributed by atoms with E-state index in [1.807, 2.05) is 25.1 Å². The van der Waals surface area contributed by atoms with E-state index in [0.717, 1.165) is 17.5 Å². The van der Waals surface area contributed by atoms with Gasteiger partial charge in [0.1, 0.15) is 6.10 Å². The molecule has 0 fully saturated rings. The highest BCUT2D eigenvalue weighted by atomic mass is 16.3. The molecule has 1 aliphatic carbocycles. The predicted octanol–water partition coefficient (Wildman–Crippen LogP) is 4.87. The minimum atomic E-state index is -0.843. The molecule has 152 valence electrons. The number of benzene rings is 2. The van der Waals surface area contributed by atoms with Crippen molar-refractivity contribution in [3.63, 3.8) is 0 Å². The number of carbonyl (C=O) groups excluding carboxylic acids is 1. The van der Waals surface area contributed by atoms with Crippen LogP contribution in [-0.4, -0.2) is 17.6 Å². The lowest BCUT2D eigenvalue weighted by Crippen LogP contribution is -2.34. The highest BCUT2D eigenvalue weighted by Gasteiger charge is 2.37. The Hall–Kier alpha value is -2.57. The van der Waals surface area contributed by atoms with E-state index in [1.54, 1.807) is 12.1 Å². The van der Waals surface area contributed by atoms with Crippen molar-refractivity contribution in [2.45, 2.75) is 64.4 Å². The van der Waals surface area contributed by atoms with Gasteiger partial charge in [-0.05, 0) is 71.6 Å². The molecule has 0 heterocycles. The summed E-state index contributed by atoms with van der Waals surface area (Å²) in [5, 5.41) is 13.4. The van der Waals surface area contributed by atoms with Crippen LogP contribution in [0, 0.1) is 11.8 Å². The molecule has 0 bridgehead atoms. The van der Waals surface area contributed by atoms with E-state index in [-0.39, 0.29) is 16.7 Å². The largest absolute Gasteiger partial charge is 0.376 e. The maximum atomic E-state index is 11.8. The smallest absolute Gasteiger partial charge is 0.251 e. The number of amides is 1. The Morgan fingerprint density at radius 3 is 2.28 bits per heavy atom. The Morgan fingerprint density at radius 2 is 1.66 bits per heavy atom. The molecule has 0 radical (unpaired) electrons. The Labute approximate surface area is 174 Å². The van der Waals surface area contributed by atoms with Gasteiger partial charge in [0.15, 0.2) is 0 Å². The molecule has 3 heteroatoms. The van der Waals surface area contributed by atoms with Gasteiger partial charge in [-0.3, -0.25) is 4.79 Å². The molecule has 1 atom stereocenters. The van der Waals surface area contributed by atoms with E-state index in [0.29, 0.717) is 12.1 Å². The predicted molar refractivity (Wildman–Crippen MR) is 118 cm³/mol. The highest BCUT2D eigenvalue weighted by Crippen LogP contribution is 2.46. The third-order valence-electron chi connectivity index (χ3n) is 6.03. The Kier molecular flexibility index (Phi) is 5.87. The number of carbonyl (C=O) groups is 1. The summed E-state index contributed by atoms with van der Waals surface area (Å²) in [6, 6.07) is 13.4. The summed E-state index contributed by atoms with van der Waals surface area (Å²) in [5.74, 6) is 5.88. The summed E-state index contributed by atoms with van der Waals surface area (Å²) in [5.41, 5.74) is 5.17. The lowest BCUT2D eigenvalue weighted by atomic mass is 9.63. The molecule has 1 amide bonds. The highest BCUT2D eigenvalue weighted by molar-refractivity contribution is 5.94. The van der Waals surface area contributed by atoms with Crippen LogP contribution in [-0.2, 0) is 10.8 Å². The van der Waals surface area contributed by atoms with Crippen molar-refractivity contribution in [3.8, 4) is 11.8 Å². The monoisotopic (exact) mass is 389 g/mol. The van der Waals surface area contributed by atoms with Gasteiger partial charge in [-0.1, -0.05) is 57.7 Å². The first kappa shape index (κ1) is 21.1. The van der Waals surface area contributed by atoms with Crippen LogP contribution in [0.15, 0.2) is 42.5 Å². The van der Waals surface area contributed by atoms with E-state index in [9.17, 15) is 9.90 Å². The number of aliphatic hydroxyl groups is 1. The summed E-state index contributed by atoms with van der Waals surface area (Å²) in [4.78, 5) is 11.8. The Bertz CT molecular complexity index is 958. The number of hydrogen-bond acceptors (Lipinski definition) is 2. The number of aliphatic hydroxyl groups excluding tert-OH is 1. The van der Waals surface area contributed by atoms with Gasteiger partial charge >= 0.3 is 0 Å². The van der Waals surface area contributed by atoms with Crippen molar-refractivity contribution < 1.29 is 9.90 Å². The molecular formula is C26H31NO2. The average Bonchev–Trinajstić information content (AvgIpc) is 2.70. The molecule has 0 saturated carbocycles. The number of fused-ring (bicyclic) bond motifs is 1. The normalized spacial score (nSPS) is 17.4. The third-order valence-corrected chi connectivity index (χ3v) is 6.03. The fourth-order valence-corrected chi connectivity index (χ4v) is 3.98. The standard InChI is InChI=1S/C26H31NO2/c1-6-27-24(29)19-10-7-18(8-11-19)9-14-23(28)20-12-13-21-22(17-20)26(4,5)16-15-25(21,2)3/h7-8,10-13,17,23,28H,6,15-16H2,1-5H3,(H,27,29). The first-order valence-corrected chi connectivity index (χ1v) is 10.4. The van der Waals surface area contributed by atoms with Crippen molar-refractivity contribution in [2.24, 2.45) is 0 Å². The molecule has 1 aliphatic rings. The quantitative estimate of drug-likeness (QED) is 0.736. The zero-order chi connectivity index (χ0) is 21.2. The molecule has 0 spiro atoms. The average molecular weight is 390 g/mol. The zero-order valence-corrected chi connectivity index (χ0v) is 18.1. The first-order chi connectivity index (χ1) is 13.6. The van der Waals surface area contributed by atoms with Crippen LogP contribution in [0.4, 0.5) is 0 Å². The molecule has 2 aromatic carbocycles. The molecule has 3 rings (SSSR count). The lowest BCUT2D eigenvalue weighted by molar-refractivity contribution is 0.0956. The molecule has 0 aromatic heterocycles. The van der Waals surface area contributed by atoms with Crippen molar-refractivity contribution in [3.05, 3.63) is 70.3 Å². The SMILES string of the molecule is CCNC(=O)c1ccc(C#CC(O)c2ccc3c(c2)C(C)(C)CCC3(C)C)cc1. The molecule has 1 unspecified atom stereocenters. The fraction of sp³-hybridized carbons (Fsp3) is 0.423. The molecule has 2 aromatic rings. The van der Waals surface area contributed by atoms with Crippen LogP contribution in [0.2, 0.25) is 0 Å². The summed E-state index contributed by atoms with van der Waals surface area (Å²) in [7, 11) is 0. The molecule has 2 N–H and O–H groups in total. The molecule has 3 nitrogen and oxygen atoms in total. The van der Waals surface area contributed by atoms with E-state index in [2.05, 4.69) is 57.0 Å². The second kappa shape index (κ2) is 8.05. The van der Waals surface area contributed by atoms with Crippen molar-refractivity contribution in [1.82, 2.24) is 5.32 Å². The van der Waals surface area contributed by atoms with Crippen LogP contribution in [0.1, 0.15) is 86.2 Å². The van der Waals surface area contributed by atoms with E-state index in [1.165, 1.54) is 17.5 Å². The molecule has 0 saturated heterocycles.